The van der Waals surface area contributed by atoms with Gasteiger partial charge in [-0.1, -0.05) is 6.07 Å². The molecule has 9 heteroatoms. The van der Waals surface area contributed by atoms with Crippen LogP contribution in [0.25, 0.3) is 5.65 Å². The number of carbonyl (C=O) groups is 1. The summed E-state index contributed by atoms with van der Waals surface area (Å²) in [6.07, 6.45) is 1.70. The zero-order valence-corrected chi connectivity index (χ0v) is 19.8. The number of ether oxygens (including phenoxy) is 4. The summed E-state index contributed by atoms with van der Waals surface area (Å²) in [5.74, 6) is 1.31. The average Bonchev–Trinajstić information content (AvgIpc) is 2.86. The minimum absolute atomic E-state index is 0.101. The second-order valence-electron chi connectivity index (χ2n) is 7.70. The summed E-state index contributed by atoms with van der Waals surface area (Å²) >= 11 is 0. The molecule has 4 rings (SSSR count). The minimum Gasteiger partial charge on any atom is -0.493 e. The second kappa shape index (κ2) is 10.2. The Bertz CT molecular complexity index is 1420. The zero-order chi connectivity index (χ0) is 24.9. The number of pyridine rings is 1. The van der Waals surface area contributed by atoms with Crippen molar-refractivity contribution in [1.82, 2.24) is 9.38 Å². The topological polar surface area (TPSA) is 100 Å². The number of fused-ring (bicyclic) bond motifs is 1. The van der Waals surface area contributed by atoms with Crippen LogP contribution in [0.3, 0.4) is 0 Å². The summed E-state index contributed by atoms with van der Waals surface area (Å²) in [5, 5.41) is 2.84. The molecule has 2 heterocycles. The molecule has 0 saturated heterocycles. The third-order valence-electron chi connectivity index (χ3n) is 5.28. The highest BCUT2D eigenvalue weighted by Gasteiger charge is 2.17. The third-order valence-corrected chi connectivity index (χ3v) is 5.28. The van der Waals surface area contributed by atoms with Crippen molar-refractivity contribution in [2.24, 2.45) is 0 Å². The molecule has 0 fully saturated rings. The van der Waals surface area contributed by atoms with E-state index in [1.54, 1.807) is 42.6 Å². The summed E-state index contributed by atoms with van der Waals surface area (Å²) in [7, 11) is 4.47. The zero-order valence-electron chi connectivity index (χ0n) is 19.8. The number of carbonyl (C=O) groups excluding carboxylic acids is 1. The lowest BCUT2D eigenvalue weighted by molar-refractivity contribution is 0.102. The van der Waals surface area contributed by atoms with E-state index in [1.807, 2.05) is 19.1 Å². The fourth-order valence-electron chi connectivity index (χ4n) is 3.56. The SMILES string of the molecule is COc1cc(C(=O)Nc2cccc(OCc3cc(=O)n4ccc(C)cc4n3)c2)cc(OC)c1OC. The first-order valence-electron chi connectivity index (χ1n) is 10.7. The Balaban J connectivity index is 1.49. The normalized spacial score (nSPS) is 10.6. The Labute approximate surface area is 201 Å². The van der Waals surface area contributed by atoms with E-state index in [0.29, 0.717) is 45.6 Å². The van der Waals surface area contributed by atoms with Crippen LogP contribution in [0.1, 0.15) is 21.6 Å². The molecule has 0 aliphatic heterocycles. The molecule has 1 N–H and O–H groups in total. The van der Waals surface area contributed by atoms with E-state index in [2.05, 4.69) is 10.3 Å². The lowest BCUT2D eigenvalue weighted by Crippen LogP contribution is -2.16. The van der Waals surface area contributed by atoms with Crippen molar-refractivity contribution in [2.75, 3.05) is 26.6 Å². The van der Waals surface area contributed by atoms with Crippen molar-refractivity contribution in [2.45, 2.75) is 13.5 Å². The Kier molecular flexibility index (Phi) is 6.86. The van der Waals surface area contributed by atoms with E-state index < -0.39 is 0 Å². The standard InChI is InChI=1S/C26H25N3O6/c1-16-8-9-29-23(10-16)27-19(14-24(29)30)15-35-20-7-5-6-18(13-20)28-26(31)17-11-21(32-2)25(34-4)22(12-17)33-3/h5-14H,15H2,1-4H3,(H,28,31). The monoisotopic (exact) mass is 475 g/mol. The van der Waals surface area contributed by atoms with E-state index in [1.165, 1.54) is 31.8 Å². The fraction of sp³-hybridized carbons (Fsp3) is 0.192. The molecule has 35 heavy (non-hydrogen) atoms. The van der Waals surface area contributed by atoms with Gasteiger partial charge in [-0.2, -0.15) is 0 Å². The number of aryl methyl sites for hydroxylation is 1. The van der Waals surface area contributed by atoms with Crippen LogP contribution in [0, 0.1) is 6.92 Å². The molecular formula is C26H25N3O6. The maximum absolute atomic E-state index is 12.9. The van der Waals surface area contributed by atoms with Crippen LogP contribution in [0.15, 0.2) is 65.6 Å². The van der Waals surface area contributed by atoms with Crippen LogP contribution in [-0.4, -0.2) is 36.6 Å². The number of nitrogens with one attached hydrogen (secondary N) is 1. The fourth-order valence-corrected chi connectivity index (χ4v) is 3.56. The Morgan fingerprint density at radius 1 is 0.971 bits per heavy atom. The molecule has 0 aliphatic rings. The van der Waals surface area contributed by atoms with Gasteiger partial charge in [-0.3, -0.25) is 14.0 Å². The Morgan fingerprint density at radius 2 is 1.71 bits per heavy atom. The highest BCUT2D eigenvalue weighted by Crippen LogP contribution is 2.38. The number of benzene rings is 2. The number of nitrogens with zero attached hydrogens (tertiary/aromatic N) is 2. The molecule has 0 saturated carbocycles. The van der Waals surface area contributed by atoms with Gasteiger partial charge in [0, 0.05) is 29.6 Å². The van der Waals surface area contributed by atoms with Gasteiger partial charge < -0.3 is 24.3 Å². The first-order valence-corrected chi connectivity index (χ1v) is 10.7. The van der Waals surface area contributed by atoms with Crippen molar-refractivity contribution in [1.29, 1.82) is 0 Å². The van der Waals surface area contributed by atoms with E-state index in [9.17, 15) is 9.59 Å². The molecule has 0 spiro atoms. The molecule has 180 valence electrons. The maximum Gasteiger partial charge on any atom is 0.258 e. The van der Waals surface area contributed by atoms with E-state index >= 15 is 0 Å². The lowest BCUT2D eigenvalue weighted by Gasteiger charge is -2.14. The number of anilines is 1. The lowest BCUT2D eigenvalue weighted by atomic mass is 10.1. The van der Waals surface area contributed by atoms with Crippen LogP contribution in [0.2, 0.25) is 0 Å². The van der Waals surface area contributed by atoms with E-state index in [4.69, 9.17) is 18.9 Å². The van der Waals surface area contributed by atoms with Crippen molar-refractivity contribution >= 4 is 17.2 Å². The first-order chi connectivity index (χ1) is 16.9. The highest BCUT2D eigenvalue weighted by atomic mass is 16.5. The third kappa shape index (κ3) is 5.19. The number of aromatic nitrogens is 2. The van der Waals surface area contributed by atoms with E-state index in [-0.39, 0.29) is 18.1 Å². The Morgan fingerprint density at radius 3 is 2.40 bits per heavy atom. The summed E-state index contributed by atoms with van der Waals surface area (Å²) in [6.45, 7) is 2.04. The number of amides is 1. The minimum atomic E-state index is -0.360. The molecule has 1 amide bonds. The van der Waals surface area contributed by atoms with Crippen molar-refractivity contribution in [3.05, 3.63) is 88.0 Å². The van der Waals surface area contributed by atoms with Gasteiger partial charge in [-0.15, -0.1) is 0 Å². The summed E-state index contributed by atoms with van der Waals surface area (Å²) < 4.78 is 23.3. The average molecular weight is 476 g/mol. The van der Waals surface area contributed by atoms with Gasteiger partial charge in [0.1, 0.15) is 18.0 Å². The predicted molar refractivity (Wildman–Crippen MR) is 131 cm³/mol. The van der Waals surface area contributed by atoms with Gasteiger partial charge in [0.2, 0.25) is 5.75 Å². The molecule has 0 radical (unpaired) electrons. The van der Waals surface area contributed by atoms with Crippen LogP contribution >= 0.6 is 0 Å². The quantitative estimate of drug-likeness (QED) is 0.413. The maximum atomic E-state index is 12.9. The number of rotatable bonds is 8. The van der Waals surface area contributed by atoms with E-state index in [0.717, 1.165) is 5.56 Å². The second-order valence-corrected chi connectivity index (χ2v) is 7.70. The van der Waals surface area contributed by atoms with Crippen molar-refractivity contribution in [3.8, 4) is 23.0 Å². The molecule has 9 nitrogen and oxygen atoms in total. The molecule has 0 unspecified atom stereocenters. The van der Waals surface area contributed by atoms with Gasteiger partial charge in [-0.25, -0.2) is 4.98 Å². The molecule has 0 atom stereocenters. The summed E-state index contributed by atoms with van der Waals surface area (Å²) in [5.41, 5.74) is 2.76. The van der Waals surface area contributed by atoms with Gasteiger partial charge in [0.15, 0.2) is 11.5 Å². The van der Waals surface area contributed by atoms with Gasteiger partial charge in [0.05, 0.1) is 27.0 Å². The molecule has 4 aromatic rings. The molecule has 0 aliphatic carbocycles. The predicted octanol–water partition coefficient (Wildman–Crippen LogP) is 3.86. The first kappa shape index (κ1) is 23.6. The summed E-state index contributed by atoms with van der Waals surface area (Å²) in [6, 6.07) is 15.2. The number of methoxy groups -OCH3 is 3. The largest absolute Gasteiger partial charge is 0.493 e. The molecule has 2 aromatic carbocycles. The van der Waals surface area contributed by atoms with Crippen molar-refractivity contribution in [3.63, 3.8) is 0 Å². The Hall–Kier alpha value is -4.53. The number of hydrogen-bond donors (Lipinski definition) is 1. The smallest absolute Gasteiger partial charge is 0.258 e. The molecule has 0 bridgehead atoms. The molecular weight excluding hydrogens is 450 g/mol. The van der Waals surface area contributed by atoms with Gasteiger partial charge in [0.25, 0.3) is 11.5 Å². The highest BCUT2D eigenvalue weighted by molar-refractivity contribution is 6.05. The van der Waals surface area contributed by atoms with Crippen LogP contribution in [0.4, 0.5) is 5.69 Å². The van der Waals surface area contributed by atoms with Crippen molar-refractivity contribution < 1.29 is 23.7 Å². The van der Waals surface area contributed by atoms with Crippen LogP contribution in [-0.2, 0) is 6.61 Å². The number of hydrogen-bond acceptors (Lipinski definition) is 7. The van der Waals surface area contributed by atoms with Crippen LogP contribution < -0.4 is 29.8 Å². The molecule has 2 aromatic heterocycles. The summed E-state index contributed by atoms with van der Waals surface area (Å²) in [4.78, 5) is 29.7. The van der Waals surface area contributed by atoms with Gasteiger partial charge >= 0.3 is 0 Å². The van der Waals surface area contributed by atoms with Gasteiger partial charge in [-0.05, 0) is 48.9 Å². The van der Waals surface area contributed by atoms with Crippen LogP contribution in [0.5, 0.6) is 23.0 Å².